The minimum atomic E-state index is -2.46. The largest absolute Gasteiger partial charge is 0.455 e. The maximum atomic E-state index is 8.00. The zero-order chi connectivity index (χ0) is 23.4. The topological polar surface area (TPSA) is 26.0 Å². The van der Waals surface area contributed by atoms with Crippen LogP contribution in [-0.4, -0.2) is 4.98 Å². The first-order chi connectivity index (χ1) is 15.6. The fourth-order valence-corrected chi connectivity index (χ4v) is 3.49. The smallest absolute Gasteiger partial charge is 0.144 e. The van der Waals surface area contributed by atoms with E-state index in [0.717, 1.165) is 16.4 Å². The van der Waals surface area contributed by atoms with Gasteiger partial charge >= 0.3 is 0 Å². The molecule has 0 radical (unpaired) electrons. The van der Waals surface area contributed by atoms with Crippen LogP contribution >= 0.6 is 0 Å². The molecule has 2 nitrogen and oxygen atoms in total. The van der Waals surface area contributed by atoms with Crippen molar-refractivity contribution in [1.82, 2.24) is 4.98 Å². The van der Waals surface area contributed by atoms with E-state index in [4.69, 9.17) is 12.6 Å². The standard InChI is InChI=1S/C25H19NO/c1-16-8-3-4-9-18(16)22-14-23(26-15-17(22)2)21-12-7-11-20-19-10-5-6-13-24(19)27-25(20)21/h3-15H,1-2H3/i1D3,2D3. The molecule has 0 aliphatic carbocycles. The lowest BCUT2D eigenvalue weighted by molar-refractivity contribution is 0.670. The number of pyridine rings is 1. The SMILES string of the molecule is [2H]C([2H])([2H])c1ccccc1-c1cc(-c2cccc3c2oc2ccccc23)ncc1C([2H])([2H])[2H]. The molecule has 0 bridgehead atoms. The molecule has 0 aliphatic rings. The first-order valence-corrected chi connectivity index (χ1v) is 8.65. The lowest BCUT2D eigenvalue weighted by Gasteiger charge is -2.11. The van der Waals surface area contributed by atoms with Crippen molar-refractivity contribution in [3.8, 4) is 22.4 Å². The van der Waals surface area contributed by atoms with Crippen LogP contribution in [0.1, 0.15) is 19.4 Å². The van der Waals surface area contributed by atoms with Gasteiger partial charge in [-0.2, -0.15) is 0 Å². The third-order valence-corrected chi connectivity index (χ3v) is 4.80. The van der Waals surface area contributed by atoms with Gasteiger partial charge in [0.25, 0.3) is 0 Å². The molecule has 2 heteroatoms. The Balaban J connectivity index is 1.80. The number of aromatic nitrogens is 1. The van der Waals surface area contributed by atoms with Crippen molar-refractivity contribution in [1.29, 1.82) is 0 Å². The number of fused-ring (bicyclic) bond motifs is 3. The van der Waals surface area contributed by atoms with Gasteiger partial charge in [0.1, 0.15) is 11.2 Å². The highest BCUT2D eigenvalue weighted by Gasteiger charge is 2.14. The number of hydrogen-bond acceptors (Lipinski definition) is 2. The Bertz CT molecular complexity index is 1500. The van der Waals surface area contributed by atoms with Crippen LogP contribution in [0.3, 0.4) is 0 Å². The van der Waals surface area contributed by atoms with Gasteiger partial charge in [-0.15, -0.1) is 0 Å². The average Bonchev–Trinajstić information content (AvgIpc) is 3.16. The minimum Gasteiger partial charge on any atom is -0.455 e. The molecular formula is C25H19NO. The van der Waals surface area contributed by atoms with E-state index in [1.165, 1.54) is 12.3 Å². The summed E-state index contributed by atoms with van der Waals surface area (Å²) in [5.74, 6) is 0. The van der Waals surface area contributed by atoms with Gasteiger partial charge in [-0.3, -0.25) is 4.98 Å². The molecule has 0 atom stereocenters. The van der Waals surface area contributed by atoms with Gasteiger partial charge in [-0.25, -0.2) is 0 Å². The molecule has 130 valence electrons. The van der Waals surface area contributed by atoms with E-state index in [9.17, 15) is 0 Å². The summed E-state index contributed by atoms with van der Waals surface area (Å²) >= 11 is 0. The van der Waals surface area contributed by atoms with Crippen molar-refractivity contribution in [3.63, 3.8) is 0 Å². The monoisotopic (exact) mass is 355 g/mol. The third kappa shape index (κ3) is 2.53. The van der Waals surface area contributed by atoms with E-state index in [2.05, 4.69) is 4.98 Å². The molecule has 0 fully saturated rings. The van der Waals surface area contributed by atoms with Crippen LogP contribution in [0.2, 0.25) is 0 Å². The van der Waals surface area contributed by atoms with E-state index in [-0.39, 0.29) is 11.1 Å². The van der Waals surface area contributed by atoms with Crippen molar-refractivity contribution in [2.45, 2.75) is 13.7 Å². The van der Waals surface area contributed by atoms with Crippen LogP contribution in [0.15, 0.2) is 83.4 Å². The summed E-state index contributed by atoms with van der Waals surface area (Å²) in [6.45, 7) is -4.86. The number of aryl methyl sites for hydroxylation is 2. The van der Waals surface area contributed by atoms with Gasteiger partial charge in [-0.1, -0.05) is 54.6 Å². The molecule has 0 amide bonds. The molecule has 5 rings (SSSR count). The number of rotatable bonds is 2. The van der Waals surface area contributed by atoms with Crippen LogP contribution in [-0.2, 0) is 0 Å². The lowest BCUT2D eigenvalue weighted by Crippen LogP contribution is -1.91. The maximum Gasteiger partial charge on any atom is 0.144 e. The molecular weight excluding hydrogens is 330 g/mol. The second-order valence-electron chi connectivity index (χ2n) is 6.44. The fourth-order valence-electron chi connectivity index (χ4n) is 3.49. The van der Waals surface area contributed by atoms with Crippen LogP contribution in [0.4, 0.5) is 0 Å². The summed E-state index contributed by atoms with van der Waals surface area (Å²) in [4.78, 5) is 4.45. The molecule has 0 spiro atoms. The minimum absolute atomic E-state index is 0.000249. The van der Waals surface area contributed by atoms with Crippen LogP contribution in [0, 0.1) is 13.7 Å². The average molecular weight is 355 g/mol. The maximum absolute atomic E-state index is 8.00. The first kappa shape index (κ1) is 10.7. The predicted octanol–water partition coefficient (Wildman–Crippen LogP) is 6.93. The van der Waals surface area contributed by atoms with Gasteiger partial charge in [0.2, 0.25) is 0 Å². The predicted molar refractivity (Wildman–Crippen MR) is 112 cm³/mol. The van der Waals surface area contributed by atoms with Crippen molar-refractivity contribution >= 4 is 21.9 Å². The quantitative estimate of drug-likeness (QED) is 0.343. The first-order valence-electron chi connectivity index (χ1n) is 11.7. The molecule has 5 aromatic rings. The Labute approximate surface area is 166 Å². The van der Waals surface area contributed by atoms with Gasteiger partial charge in [0, 0.05) is 30.8 Å². The van der Waals surface area contributed by atoms with E-state index in [1.807, 2.05) is 42.5 Å². The van der Waals surface area contributed by atoms with Crippen LogP contribution in [0.5, 0.6) is 0 Å². The van der Waals surface area contributed by atoms with Crippen LogP contribution in [0.25, 0.3) is 44.3 Å². The number of nitrogens with zero attached hydrogens (tertiary/aromatic N) is 1. The van der Waals surface area contributed by atoms with Crippen molar-refractivity contribution < 1.29 is 12.6 Å². The van der Waals surface area contributed by atoms with Crippen molar-refractivity contribution in [2.24, 2.45) is 0 Å². The number of benzene rings is 3. The Hall–Kier alpha value is -3.39. The second-order valence-corrected chi connectivity index (χ2v) is 6.44. The van der Waals surface area contributed by atoms with Gasteiger partial charge in [0.05, 0.1) is 5.69 Å². The van der Waals surface area contributed by atoms with E-state index in [1.54, 1.807) is 24.3 Å². The number of para-hydroxylation sites is 2. The summed E-state index contributed by atoms with van der Waals surface area (Å²) in [6, 6.07) is 21.6. The van der Waals surface area contributed by atoms with Crippen LogP contribution < -0.4 is 0 Å². The molecule has 0 saturated carbocycles. The molecule has 2 aromatic heterocycles. The summed E-state index contributed by atoms with van der Waals surface area (Å²) in [7, 11) is 0. The van der Waals surface area contributed by atoms with Gasteiger partial charge in [0.15, 0.2) is 0 Å². The molecule has 3 aromatic carbocycles. The Kier molecular flexibility index (Phi) is 2.41. The van der Waals surface area contributed by atoms with Gasteiger partial charge in [-0.05, 0) is 54.2 Å². The molecule has 2 heterocycles. The van der Waals surface area contributed by atoms with Crippen molar-refractivity contribution in [2.75, 3.05) is 0 Å². The zero-order valence-electron chi connectivity index (χ0n) is 20.4. The molecule has 27 heavy (non-hydrogen) atoms. The summed E-state index contributed by atoms with van der Waals surface area (Å²) in [5.41, 5.74) is 3.35. The highest BCUT2D eigenvalue weighted by Crippen LogP contribution is 2.36. The van der Waals surface area contributed by atoms with Gasteiger partial charge < -0.3 is 4.42 Å². The Morgan fingerprint density at radius 1 is 0.741 bits per heavy atom. The van der Waals surface area contributed by atoms with E-state index >= 15 is 0 Å². The van der Waals surface area contributed by atoms with Crippen molar-refractivity contribution in [3.05, 3.63) is 90.1 Å². The second kappa shape index (κ2) is 6.10. The Morgan fingerprint density at radius 2 is 1.52 bits per heavy atom. The van der Waals surface area contributed by atoms with E-state index < -0.39 is 13.7 Å². The zero-order valence-corrected chi connectivity index (χ0v) is 14.4. The molecule has 0 N–H and O–H groups in total. The van der Waals surface area contributed by atoms with E-state index in [0.29, 0.717) is 28.0 Å². The molecule has 0 aliphatic heterocycles. The summed E-state index contributed by atoms with van der Waals surface area (Å²) < 4.78 is 53.9. The fraction of sp³-hybridized carbons (Fsp3) is 0.0800. The third-order valence-electron chi connectivity index (χ3n) is 4.80. The summed E-state index contributed by atoms with van der Waals surface area (Å²) in [5, 5.41) is 1.90. The lowest BCUT2D eigenvalue weighted by atomic mass is 9.96. The Morgan fingerprint density at radius 3 is 2.44 bits per heavy atom. The highest BCUT2D eigenvalue weighted by atomic mass is 16.3. The highest BCUT2D eigenvalue weighted by molar-refractivity contribution is 6.09. The normalized spacial score (nSPS) is 15.6. The number of furan rings is 1. The number of hydrogen-bond donors (Lipinski definition) is 0. The molecule has 0 unspecified atom stereocenters. The summed E-state index contributed by atoms with van der Waals surface area (Å²) in [6.07, 6.45) is 1.31. The molecule has 0 saturated heterocycles.